The van der Waals surface area contributed by atoms with E-state index in [0.717, 1.165) is 17.7 Å². The number of carbonyl (C=O) groups excluding carboxylic acids is 1. The number of carbonyl (C=O) groups is 1. The van der Waals surface area contributed by atoms with Gasteiger partial charge in [0.2, 0.25) is 0 Å². The van der Waals surface area contributed by atoms with Gasteiger partial charge in [-0.3, -0.25) is 4.79 Å². The van der Waals surface area contributed by atoms with E-state index < -0.39 is 5.82 Å². The third kappa shape index (κ3) is 2.93. The number of rotatable bonds is 4. The first-order chi connectivity index (χ1) is 10.1. The van der Waals surface area contributed by atoms with Crippen LogP contribution in [0.2, 0.25) is 0 Å². The number of anilines is 1. The number of amides is 1. The molecular weight excluding hydrogens is 287 g/mol. The van der Waals surface area contributed by atoms with Crippen LogP contribution >= 0.6 is 11.3 Å². The first-order valence-electron chi connectivity index (χ1n) is 6.95. The standard InChI is InChI=1S/C16H17FN2OS/c1-10-14(17)7-11(8-15(10)18)16(20)19(12-4-5-12)9-13-3-2-6-21-13/h2-3,6-8,12H,4-5,9,18H2,1H3. The summed E-state index contributed by atoms with van der Waals surface area (Å²) in [6.07, 6.45) is 2.03. The average Bonchev–Trinajstić information content (AvgIpc) is 3.17. The van der Waals surface area contributed by atoms with Crippen LogP contribution in [0.4, 0.5) is 10.1 Å². The maximum absolute atomic E-state index is 13.8. The van der Waals surface area contributed by atoms with Crippen LogP contribution in [-0.4, -0.2) is 16.8 Å². The van der Waals surface area contributed by atoms with Crippen molar-refractivity contribution in [2.24, 2.45) is 0 Å². The summed E-state index contributed by atoms with van der Waals surface area (Å²) < 4.78 is 13.8. The van der Waals surface area contributed by atoms with Crippen LogP contribution < -0.4 is 5.73 Å². The van der Waals surface area contributed by atoms with E-state index in [1.165, 1.54) is 6.07 Å². The van der Waals surface area contributed by atoms with Crippen LogP contribution in [0, 0.1) is 12.7 Å². The topological polar surface area (TPSA) is 46.3 Å². The Morgan fingerprint density at radius 3 is 2.81 bits per heavy atom. The van der Waals surface area contributed by atoms with Gasteiger partial charge in [-0.2, -0.15) is 0 Å². The number of benzene rings is 1. The number of nitrogens with two attached hydrogens (primary N) is 1. The molecule has 0 spiro atoms. The lowest BCUT2D eigenvalue weighted by Gasteiger charge is -2.22. The lowest BCUT2D eigenvalue weighted by molar-refractivity contribution is 0.0731. The molecule has 21 heavy (non-hydrogen) atoms. The van der Waals surface area contributed by atoms with E-state index in [-0.39, 0.29) is 11.9 Å². The van der Waals surface area contributed by atoms with Crippen molar-refractivity contribution >= 4 is 22.9 Å². The molecule has 1 aromatic carbocycles. The Kier molecular flexibility index (Phi) is 3.68. The van der Waals surface area contributed by atoms with Gasteiger partial charge in [-0.25, -0.2) is 4.39 Å². The van der Waals surface area contributed by atoms with Crippen LogP contribution in [0.1, 0.15) is 33.6 Å². The monoisotopic (exact) mass is 304 g/mol. The summed E-state index contributed by atoms with van der Waals surface area (Å²) >= 11 is 1.63. The second kappa shape index (κ2) is 5.48. The number of nitrogens with zero attached hydrogens (tertiary/aromatic N) is 1. The van der Waals surface area contributed by atoms with Gasteiger partial charge in [0.05, 0.1) is 6.54 Å². The first kappa shape index (κ1) is 14.1. The fourth-order valence-corrected chi connectivity index (χ4v) is 3.02. The van der Waals surface area contributed by atoms with E-state index in [2.05, 4.69) is 0 Å². The Balaban J connectivity index is 1.87. The summed E-state index contributed by atoms with van der Waals surface area (Å²) in [7, 11) is 0. The molecule has 1 fully saturated rings. The highest BCUT2D eigenvalue weighted by molar-refractivity contribution is 7.09. The molecule has 0 aliphatic heterocycles. The van der Waals surface area contributed by atoms with Gasteiger partial charge in [-0.1, -0.05) is 6.07 Å². The molecule has 1 aromatic heterocycles. The van der Waals surface area contributed by atoms with Crippen molar-refractivity contribution < 1.29 is 9.18 Å². The molecule has 0 radical (unpaired) electrons. The minimum atomic E-state index is -0.426. The number of halogens is 1. The predicted molar refractivity (Wildman–Crippen MR) is 82.8 cm³/mol. The summed E-state index contributed by atoms with van der Waals surface area (Å²) in [6, 6.07) is 7.11. The molecule has 0 atom stereocenters. The number of thiophene rings is 1. The largest absolute Gasteiger partial charge is 0.398 e. The molecule has 0 bridgehead atoms. The Morgan fingerprint density at radius 2 is 2.24 bits per heavy atom. The average molecular weight is 304 g/mol. The maximum Gasteiger partial charge on any atom is 0.254 e. The van der Waals surface area contributed by atoms with Gasteiger partial charge in [-0.05, 0) is 43.3 Å². The quantitative estimate of drug-likeness (QED) is 0.878. The molecule has 1 saturated carbocycles. The van der Waals surface area contributed by atoms with Crippen LogP contribution in [0.3, 0.4) is 0 Å². The minimum Gasteiger partial charge on any atom is -0.398 e. The Bertz CT molecular complexity index is 642. The summed E-state index contributed by atoms with van der Waals surface area (Å²) in [6.45, 7) is 2.19. The molecule has 110 valence electrons. The van der Waals surface area contributed by atoms with Crippen molar-refractivity contribution in [1.82, 2.24) is 4.90 Å². The summed E-state index contributed by atoms with van der Waals surface area (Å²) in [4.78, 5) is 15.6. The van der Waals surface area contributed by atoms with Crippen LogP contribution in [0.15, 0.2) is 29.6 Å². The van der Waals surface area contributed by atoms with Gasteiger partial charge in [0.1, 0.15) is 5.82 Å². The second-order valence-corrected chi connectivity index (χ2v) is 6.45. The summed E-state index contributed by atoms with van der Waals surface area (Å²) in [5.74, 6) is -0.568. The lowest BCUT2D eigenvalue weighted by atomic mass is 10.1. The fourth-order valence-electron chi connectivity index (χ4n) is 2.31. The zero-order valence-electron chi connectivity index (χ0n) is 11.8. The molecule has 0 unspecified atom stereocenters. The van der Waals surface area contributed by atoms with Crippen molar-refractivity contribution in [3.05, 3.63) is 51.5 Å². The van der Waals surface area contributed by atoms with E-state index in [1.807, 2.05) is 22.4 Å². The zero-order valence-corrected chi connectivity index (χ0v) is 12.6. The van der Waals surface area contributed by atoms with Crippen molar-refractivity contribution in [2.75, 3.05) is 5.73 Å². The van der Waals surface area contributed by atoms with Crippen LogP contribution in [0.5, 0.6) is 0 Å². The molecule has 3 nitrogen and oxygen atoms in total. The van der Waals surface area contributed by atoms with Gasteiger partial charge < -0.3 is 10.6 Å². The van der Waals surface area contributed by atoms with E-state index in [1.54, 1.807) is 24.3 Å². The fraction of sp³-hybridized carbons (Fsp3) is 0.312. The molecule has 2 aromatic rings. The molecule has 1 aliphatic carbocycles. The third-order valence-electron chi connectivity index (χ3n) is 3.79. The van der Waals surface area contributed by atoms with E-state index in [9.17, 15) is 9.18 Å². The van der Waals surface area contributed by atoms with Crippen molar-refractivity contribution in [1.29, 1.82) is 0 Å². The molecule has 1 aliphatic rings. The van der Waals surface area contributed by atoms with Crippen molar-refractivity contribution in [3.8, 4) is 0 Å². The Hall–Kier alpha value is -1.88. The number of nitrogen functional groups attached to an aromatic ring is 1. The van der Waals surface area contributed by atoms with Crippen LogP contribution in [-0.2, 0) is 6.54 Å². The highest BCUT2D eigenvalue weighted by Gasteiger charge is 2.33. The number of hydrogen-bond donors (Lipinski definition) is 1. The van der Waals surface area contributed by atoms with Gasteiger partial charge in [0, 0.05) is 27.7 Å². The third-order valence-corrected chi connectivity index (χ3v) is 4.65. The smallest absolute Gasteiger partial charge is 0.254 e. The molecule has 5 heteroatoms. The second-order valence-electron chi connectivity index (χ2n) is 5.42. The number of hydrogen-bond acceptors (Lipinski definition) is 3. The highest BCUT2D eigenvalue weighted by atomic mass is 32.1. The molecule has 1 amide bonds. The highest BCUT2D eigenvalue weighted by Crippen LogP contribution is 2.31. The first-order valence-corrected chi connectivity index (χ1v) is 7.83. The maximum atomic E-state index is 13.8. The van der Waals surface area contributed by atoms with Gasteiger partial charge in [0.15, 0.2) is 0 Å². The van der Waals surface area contributed by atoms with E-state index in [4.69, 9.17) is 5.73 Å². The van der Waals surface area contributed by atoms with Gasteiger partial charge in [-0.15, -0.1) is 11.3 Å². The summed E-state index contributed by atoms with van der Waals surface area (Å²) in [5, 5.41) is 1.99. The minimum absolute atomic E-state index is 0.142. The Morgan fingerprint density at radius 1 is 1.48 bits per heavy atom. The van der Waals surface area contributed by atoms with Crippen LogP contribution in [0.25, 0.3) is 0 Å². The predicted octanol–water partition coefficient (Wildman–Crippen LogP) is 3.58. The van der Waals surface area contributed by atoms with E-state index in [0.29, 0.717) is 23.4 Å². The van der Waals surface area contributed by atoms with Crippen molar-refractivity contribution in [3.63, 3.8) is 0 Å². The van der Waals surface area contributed by atoms with Gasteiger partial charge >= 0.3 is 0 Å². The van der Waals surface area contributed by atoms with Gasteiger partial charge in [0.25, 0.3) is 5.91 Å². The lowest BCUT2D eigenvalue weighted by Crippen LogP contribution is -2.32. The molecular formula is C16H17FN2OS. The SMILES string of the molecule is Cc1c(N)cc(C(=O)N(Cc2cccs2)C2CC2)cc1F. The van der Waals surface area contributed by atoms with E-state index >= 15 is 0 Å². The molecule has 0 saturated heterocycles. The molecule has 2 N–H and O–H groups in total. The van der Waals surface area contributed by atoms with Crippen molar-refractivity contribution in [2.45, 2.75) is 32.4 Å². The zero-order chi connectivity index (χ0) is 15.0. The molecule has 1 heterocycles. The summed E-state index contributed by atoms with van der Waals surface area (Å²) in [5.41, 5.74) is 6.83. The normalized spacial score (nSPS) is 14.2. The molecule has 3 rings (SSSR count). The Labute approximate surface area is 127 Å².